The van der Waals surface area contributed by atoms with Crippen molar-refractivity contribution in [2.75, 3.05) is 18.0 Å². The summed E-state index contributed by atoms with van der Waals surface area (Å²) in [6, 6.07) is 1.39. The Morgan fingerprint density at radius 2 is 2.00 bits per heavy atom. The van der Waals surface area contributed by atoms with Crippen molar-refractivity contribution in [3.63, 3.8) is 0 Å². The molecule has 6 heteroatoms. The maximum atomic E-state index is 15.0. The van der Waals surface area contributed by atoms with Gasteiger partial charge in [-0.2, -0.15) is 0 Å². The zero-order valence-corrected chi connectivity index (χ0v) is 14.7. The van der Waals surface area contributed by atoms with Gasteiger partial charge in [-0.3, -0.25) is 4.79 Å². The third-order valence-corrected chi connectivity index (χ3v) is 5.20. The fraction of sp³-hybridized carbons (Fsp3) is 0.400. The highest BCUT2D eigenvalue weighted by Gasteiger charge is 2.30. The number of aromatic carboxylic acids is 1. The van der Waals surface area contributed by atoms with E-state index in [1.807, 2.05) is 28.5 Å². The molecule has 1 aromatic heterocycles. The highest BCUT2D eigenvalue weighted by molar-refractivity contribution is 5.98. The van der Waals surface area contributed by atoms with Crippen molar-refractivity contribution in [3.8, 4) is 0 Å². The molecule has 2 aliphatic rings. The van der Waals surface area contributed by atoms with Crippen molar-refractivity contribution >= 4 is 28.6 Å². The van der Waals surface area contributed by atoms with Gasteiger partial charge in [0.1, 0.15) is 11.4 Å². The average molecular weight is 356 g/mol. The van der Waals surface area contributed by atoms with Gasteiger partial charge in [-0.1, -0.05) is 12.2 Å². The van der Waals surface area contributed by atoms with E-state index in [1.165, 1.54) is 12.3 Å². The topological polar surface area (TPSA) is 62.5 Å². The van der Waals surface area contributed by atoms with E-state index in [0.717, 1.165) is 38.8 Å². The number of aromatic nitrogens is 1. The van der Waals surface area contributed by atoms with Crippen LogP contribution in [-0.4, -0.2) is 28.7 Å². The number of fused-ring (bicyclic) bond motifs is 1. The third-order valence-electron chi connectivity index (χ3n) is 5.20. The van der Waals surface area contributed by atoms with Gasteiger partial charge in [0.05, 0.1) is 16.6 Å². The van der Waals surface area contributed by atoms with Crippen LogP contribution in [0.25, 0.3) is 17.0 Å². The van der Waals surface area contributed by atoms with Crippen molar-refractivity contribution in [1.29, 1.82) is 0 Å². The van der Waals surface area contributed by atoms with Crippen LogP contribution in [0.4, 0.5) is 10.1 Å². The number of hydrogen-bond acceptors (Lipinski definition) is 3. The van der Waals surface area contributed by atoms with Gasteiger partial charge in [-0.05, 0) is 38.7 Å². The molecule has 136 valence electrons. The Morgan fingerprint density at radius 1 is 1.31 bits per heavy atom. The van der Waals surface area contributed by atoms with Crippen LogP contribution in [0.3, 0.4) is 0 Å². The van der Waals surface area contributed by atoms with Crippen LogP contribution < -0.4 is 10.3 Å². The molecule has 1 N–H and O–H groups in total. The van der Waals surface area contributed by atoms with Crippen LogP contribution in [0.2, 0.25) is 0 Å². The quantitative estimate of drug-likeness (QED) is 0.905. The summed E-state index contributed by atoms with van der Waals surface area (Å²) in [7, 11) is 0. The van der Waals surface area contributed by atoms with Gasteiger partial charge in [0.25, 0.3) is 0 Å². The predicted molar refractivity (Wildman–Crippen MR) is 99.6 cm³/mol. The molecule has 26 heavy (non-hydrogen) atoms. The summed E-state index contributed by atoms with van der Waals surface area (Å²) in [5, 5.41) is 9.54. The lowest BCUT2D eigenvalue weighted by atomic mass is 10.0. The van der Waals surface area contributed by atoms with Crippen LogP contribution in [-0.2, 0) is 0 Å². The van der Waals surface area contributed by atoms with E-state index in [0.29, 0.717) is 16.8 Å². The number of allylic oxidation sites excluding steroid dienone is 1. The Bertz CT molecular complexity index is 983. The van der Waals surface area contributed by atoms with Crippen molar-refractivity contribution < 1.29 is 14.3 Å². The zero-order chi connectivity index (χ0) is 18.4. The Balaban J connectivity index is 2.13. The fourth-order valence-electron chi connectivity index (χ4n) is 3.89. The van der Waals surface area contributed by atoms with Gasteiger partial charge in [0.15, 0.2) is 0 Å². The maximum absolute atomic E-state index is 15.0. The lowest BCUT2D eigenvalue weighted by Crippen LogP contribution is -2.23. The fourth-order valence-corrected chi connectivity index (χ4v) is 3.89. The highest BCUT2D eigenvalue weighted by atomic mass is 19.1. The molecule has 1 saturated heterocycles. The second kappa shape index (κ2) is 6.27. The minimum Gasteiger partial charge on any atom is -0.477 e. The molecule has 0 unspecified atom stereocenters. The molecule has 0 spiro atoms. The van der Waals surface area contributed by atoms with Gasteiger partial charge in [0, 0.05) is 30.9 Å². The molecule has 2 aromatic rings. The van der Waals surface area contributed by atoms with Crippen molar-refractivity contribution in [2.45, 2.75) is 38.6 Å². The number of anilines is 1. The van der Waals surface area contributed by atoms with E-state index in [9.17, 15) is 14.7 Å². The van der Waals surface area contributed by atoms with Gasteiger partial charge in [-0.15, -0.1) is 0 Å². The van der Waals surface area contributed by atoms with Crippen LogP contribution in [0.5, 0.6) is 0 Å². The number of halogens is 1. The summed E-state index contributed by atoms with van der Waals surface area (Å²) in [4.78, 5) is 26.2. The Morgan fingerprint density at radius 3 is 2.58 bits per heavy atom. The van der Waals surface area contributed by atoms with Crippen LogP contribution in [0, 0.1) is 5.82 Å². The molecule has 4 rings (SSSR count). The van der Waals surface area contributed by atoms with Gasteiger partial charge in [0.2, 0.25) is 5.43 Å². The van der Waals surface area contributed by atoms with Crippen LogP contribution in [0.1, 0.15) is 54.6 Å². The predicted octanol–water partition coefficient (Wildman–Crippen LogP) is 3.81. The van der Waals surface area contributed by atoms with Crippen LogP contribution >= 0.6 is 0 Å². The van der Waals surface area contributed by atoms with Gasteiger partial charge in [-0.25, -0.2) is 9.18 Å². The maximum Gasteiger partial charge on any atom is 0.341 e. The number of carboxylic acid groups (broad SMARTS) is 1. The second-order valence-electron chi connectivity index (χ2n) is 7.03. The first kappa shape index (κ1) is 16.8. The first-order valence-corrected chi connectivity index (χ1v) is 9.05. The molecule has 1 aliphatic heterocycles. The third kappa shape index (κ3) is 2.60. The second-order valence-corrected chi connectivity index (χ2v) is 7.03. The smallest absolute Gasteiger partial charge is 0.341 e. The SMILES string of the molecule is C/C=C\c1c(N2CCCC2)c(F)cc2c(=O)c(C(=O)O)cn(C3CC3)c12. The van der Waals surface area contributed by atoms with Gasteiger partial charge >= 0.3 is 5.97 Å². The molecule has 0 atom stereocenters. The highest BCUT2D eigenvalue weighted by Crippen LogP contribution is 2.41. The number of rotatable bonds is 4. The summed E-state index contributed by atoms with van der Waals surface area (Å²) in [5.74, 6) is -1.74. The average Bonchev–Trinajstić information content (AvgIpc) is 3.31. The van der Waals surface area contributed by atoms with Crippen molar-refractivity contribution in [3.05, 3.63) is 45.5 Å². The molecular formula is C20H21FN2O3. The van der Waals surface area contributed by atoms with E-state index in [4.69, 9.17) is 0 Å². The van der Waals surface area contributed by atoms with Crippen molar-refractivity contribution in [1.82, 2.24) is 4.57 Å². The van der Waals surface area contributed by atoms with E-state index in [1.54, 1.807) is 0 Å². The standard InChI is InChI=1S/C20H21FN2O3/c1-2-5-13-17-14(10-16(21)18(13)22-8-3-4-9-22)19(24)15(20(25)26)11-23(17)12-6-7-12/h2,5,10-12H,3-4,6-9H2,1H3,(H,25,26)/b5-2-. The van der Waals surface area contributed by atoms with E-state index in [2.05, 4.69) is 0 Å². The molecule has 2 fully saturated rings. The molecule has 2 heterocycles. The summed E-state index contributed by atoms with van der Waals surface area (Å²) in [6.07, 6.45) is 8.99. The molecule has 5 nitrogen and oxygen atoms in total. The minimum atomic E-state index is -1.28. The monoisotopic (exact) mass is 356 g/mol. The summed E-state index contributed by atoms with van der Waals surface area (Å²) < 4.78 is 16.9. The molecule has 0 radical (unpaired) electrons. The van der Waals surface area contributed by atoms with E-state index >= 15 is 4.39 Å². The number of nitrogens with zero attached hydrogens (tertiary/aromatic N) is 2. The summed E-state index contributed by atoms with van der Waals surface area (Å²) >= 11 is 0. The molecule has 0 bridgehead atoms. The summed E-state index contributed by atoms with van der Waals surface area (Å²) in [5.41, 5.74) is 0.908. The largest absolute Gasteiger partial charge is 0.477 e. The lowest BCUT2D eigenvalue weighted by Gasteiger charge is -2.24. The lowest BCUT2D eigenvalue weighted by molar-refractivity contribution is 0.0695. The number of hydrogen-bond donors (Lipinski definition) is 1. The number of carboxylic acids is 1. The number of benzene rings is 1. The molecule has 1 aromatic carbocycles. The van der Waals surface area contributed by atoms with Crippen molar-refractivity contribution in [2.24, 2.45) is 0 Å². The summed E-state index contributed by atoms with van der Waals surface area (Å²) in [6.45, 7) is 3.43. The Hall–Kier alpha value is -2.63. The minimum absolute atomic E-state index is 0.144. The van der Waals surface area contributed by atoms with Gasteiger partial charge < -0.3 is 14.6 Å². The van der Waals surface area contributed by atoms with E-state index in [-0.39, 0.29) is 17.0 Å². The molecule has 0 amide bonds. The number of pyridine rings is 1. The van der Waals surface area contributed by atoms with E-state index < -0.39 is 17.2 Å². The normalized spacial score (nSPS) is 17.5. The first-order valence-electron chi connectivity index (χ1n) is 9.05. The Labute approximate surface area is 150 Å². The van der Waals surface area contributed by atoms with Crippen LogP contribution in [0.15, 0.2) is 23.1 Å². The Kier molecular flexibility index (Phi) is 4.05. The number of carbonyl (C=O) groups is 1. The first-order chi connectivity index (χ1) is 12.5. The molecular weight excluding hydrogens is 335 g/mol. The zero-order valence-electron chi connectivity index (χ0n) is 14.7. The molecule has 1 saturated carbocycles. The molecule has 1 aliphatic carbocycles.